The van der Waals surface area contributed by atoms with Gasteiger partial charge in [0.15, 0.2) is 0 Å². The van der Waals surface area contributed by atoms with Crippen molar-refractivity contribution < 1.29 is 9.21 Å². The molecule has 4 rings (SSSR count). The van der Waals surface area contributed by atoms with Crippen LogP contribution in [0.1, 0.15) is 16.8 Å². The smallest absolute Gasteiger partial charge is 0.257 e. The monoisotopic (exact) mass is 299 g/mol. The Morgan fingerprint density at radius 1 is 1.18 bits per heavy atom. The Kier molecular flexibility index (Phi) is 3.60. The molecule has 2 fully saturated rings. The molecule has 0 bridgehead atoms. The maximum Gasteiger partial charge on any atom is 0.257 e. The highest BCUT2D eigenvalue weighted by molar-refractivity contribution is 6.05. The molecule has 0 aliphatic carbocycles. The molecule has 5 nitrogen and oxygen atoms in total. The van der Waals surface area contributed by atoms with Crippen molar-refractivity contribution in [2.75, 3.05) is 39.3 Å². The van der Waals surface area contributed by atoms with Crippen LogP contribution in [0.15, 0.2) is 34.9 Å². The average Bonchev–Trinajstić information content (AvgIpc) is 3.22. The van der Waals surface area contributed by atoms with E-state index >= 15 is 0 Å². The lowest BCUT2D eigenvalue weighted by Crippen LogP contribution is -2.49. The van der Waals surface area contributed by atoms with Crippen molar-refractivity contribution in [3.05, 3.63) is 36.1 Å². The van der Waals surface area contributed by atoms with Gasteiger partial charge in [-0.15, -0.1) is 0 Å². The summed E-state index contributed by atoms with van der Waals surface area (Å²) in [5.41, 5.74) is 1.47. The summed E-state index contributed by atoms with van der Waals surface area (Å²) in [5, 5.41) is 4.29. The molecular formula is C17H21N3O2. The summed E-state index contributed by atoms with van der Waals surface area (Å²) >= 11 is 0. The highest BCUT2D eigenvalue weighted by Crippen LogP contribution is 2.24. The quantitative estimate of drug-likeness (QED) is 0.914. The number of carbonyl (C=O) groups excluding carboxylic acids is 1. The number of fused-ring (bicyclic) bond motifs is 1. The molecule has 2 saturated heterocycles. The Bertz CT molecular complexity index is 675. The van der Waals surface area contributed by atoms with Crippen molar-refractivity contribution in [3.8, 4) is 0 Å². The van der Waals surface area contributed by atoms with Gasteiger partial charge in [-0.2, -0.15) is 0 Å². The Morgan fingerprint density at radius 3 is 2.86 bits per heavy atom. The van der Waals surface area contributed by atoms with E-state index in [4.69, 9.17) is 4.42 Å². The van der Waals surface area contributed by atoms with Gasteiger partial charge in [-0.3, -0.25) is 9.69 Å². The molecule has 2 aromatic rings. The SMILES string of the molecule is O=C(c1coc2ccccc12)N1CCC(N2CCNCC2)C1. The fourth-order valence-electron chi connectivity index (χ4n) is 3.59. The van der Waals surface area contributed by atoms with E-state index < -0.39 is 0 Å². The minimum atomic E-state index is 0.0996. The molecule has 1 N–H and O–H groups in total. The zero-order valence-corrected chi connectivity index (χ0v) is 12.6. The number of hydrogen-bond acceptors (Lipinski definition) is 4. The van der Waals surface area contributed by atoms with E-state index in [1.54, 1.807) is 6.26 Å². The van der Waals surface area contributed by atoms with E-state index in [2.05, 4.69) is 10.2 Å². The van der Waals surface area contributed by atoms with Gasteiger partial charge in [-0.25, -0.2) is 0 Å². The summed E-state index contributed by atoms with van der Waals surface area (Å²) in [6, 6.07) is 8.23. The number of amides is 1. The van der Waals surface area contributed by atoms with Crippen LogP contribution in [-0.4, -0.2) is 61.0 Å². The van der Waals surface area contributed by atoms with Crippen molar-refractivity contribution in [1.29, 1.82) is 0 Å². The molecule has 1 amide bonds. The lowest BCUT2D eigenvalue weighted by Gasteiger charge is -2.32. The number of rotatable bonds is 2. The predicted molar refractivity (Wildman–Crippen MR) is 85.0 cm³/mol. The zero-order valence-electron chi connectivity index (χ0n) is 12.6. The Labute approximate surface area is 129 Å². The summed E-state index contributed by atoms with van der Waals surface area (Å²) in [7, 11) is 0. The summed E-state index contributed by atoms with van der Waals surface area (Å²) < 4.78 is 5.51. The van der Waals surface area contributed by atoms with Gasteiger partial charge in [0.2, 0.25) is 0 Å². The molecule has 1 unspecified atom stereocenters. The lowest BCUT2D eigenvalue weighted by atomic mass is 10.1. The minimum absolute atomic E-state index is 0.0996. The molecule has 2 aliphatic heterocycles. The molecule has 0 radical (unpaired) electrons. The second kappa shape index (κ2) is 5.74. The summed E-state index contributed by atoms with van der Waals surface area (Å²) in [6.45, 7) is 5.95. The third-order valence-electron chi connectivity index (χ3n) is 4.83. The molecule has 116 valence electrons. The minimum Gasteiger partial charge on any atom is -0.463 e. The second-order valence-corrected chi connectivity index (χ2v) is 6.13. The van der Waals surface area contributed by atoms with Crippen molar-refractivity contribution >= 4 is 16.9 Å². The van der Waals surface area contributed by atoms with E-state index in [1.807, 2.05) is 29.2 Å². The summed E-state index contributed by atoms with van der Waals surface area (Å²) in [5.74, 6) is 0.0996. The lowest BCUT2D eigenvalue weighted by molar-refractivity contribution is 0.0774. The fourth-order valence-corrected chi connectivity index (χ4v) is 3.59. The van der Waals surface area contributed by atoms with Crippen LogP contribution < -0.4 is 5.32 Å². The van der Waals surface area contributed by atoms with Crippen LogP contribution in [0.4, 0.5) is 0 Å². The Hall–Kier alpha value is -1.85. The van der Waals surface area contributed by atoms with Crippen LogP contribution in [0.3, 0.4) is 0 Å². The van der Waals surface area contributed by atoms with Crippen molar-refractivity contribution in [1.82, 2.24) is 15.1 Å². The van der Waals surface area contributed by atoms with Gasteiger partial charge in [-0.1, -0.05) is 18.2 Å². The highest BCUT2D eigenvalue weighted by atomic mass is 16.3. The van der Waals surface area contributed by atoms with Crippen LogP contribution in [0.25, 0.3) is 11.0 Å². The Morgan fingerprint density at radius 2 is 2.00 bits per heavy atom. The third-order valence-corrected chi connectivity index (χ3v) is 4.83. The first-order valence-electron chi connectivity index (χ1n) is 8.03. The molecule has 3 heterocycles. The number of hydrogen-bond donors (Lipinski definition) is 1. The van der Waals surface area contributed by atoms with Crippen LogP contribution in [-0.2, 0) is 0 Å². The van der Waals surface area contributed by atoms with E-state index in [0.29, 0.717) is 11.6 Å². The molecular weight excluding hydrogens is 278 g/mol. The van der Waals surface area contributed by atoms with Crippen molar-refractivity contribution in [3.63, 3.8) is 0 Å². The number of likely N-dealkylation sites (tertiary alicyclic amines) is 1. The molecule has 0 saturated carbocycles. The number of nitrogens with one attached hydrogen (secondary N) is 1. The van der Waals surface area contributed by atoms with Gasteiger partial charge in [0.25, 0.3) is 5.91 Å². The molecule has 5 heteroatoms. The second-order valence-electron chi connectivity index (χ2n) is 6.13. The van der Waals surface area contributed by atoms with Gasteiger partial charge >= 0.3 is 0 Å². The number of nitrogens with zero attached hydrogens (tertiary/aromatic N) is 2. The van der Waals surface area contributed by atoms with E-state index in [-0.39, 0.29) is 5.91 Å². The first kappa shape index (κ1) is 13.8. The molecule has 2 aliphatic rings. The maximum atomic E-state index is 12.8. The summed E-state index contributed by atoms with van der Waals surface area (Å²) in [6.07, 6.45) is 2.67. The van der Waals surface area contributed by atoms with Gasteiger partial charge in [0.05, 0.1) is 5.56 Å². The van der Waals surface area contributed by atoms with Gasteiger partial charge < -0.3 is 14.6 Å². The number of piperazine rings is 1. The fraction of sp³-hybridized carbons (Fsp3) is 0.471. The largest absolute Gasteiger partial charge is 0.463 e. The molecule has 1 aromatic carbocycles. The zero-order chi connectivity index (χ0) is 14.9. The van der Waals surface area contributed by atoms with Crippen molar-refractivity contribution in [2.24, 2.45) is 0 Å². The predicted octanol–water partition coefficient (Wildman–Crippen LogP) is 1.55. The van der Waals surface area contributed by atoms with Crippen LogP contribution >= 0.6 is 0 Å². The highest BCUT2D eigenvalue weighted by Gasteiger charge is 2.32. The molecule has 22 heavy (non-hydrogen) atoms. The maximum absolute atomic E-state index is 12.8. The number of carbonyl (C=O) groups is 1. The first-order valence-corrected chi connectivity index (χ1v) is 8.03. The van der Waals surface area contributed by atoms with Crippen LogP contribution in [0.5, 0.6) is 0 Å². The van der Waals surface area contributed by atoms with Gasteiger partial charge in [0.1, 0.15) is 11.8 Å². The van der Waals surface area contributed by atoms with Crippen LogP contribution in [0, 0.1) is 0 Å². The first-order chi connectivity index (χ1) is 10.8. The van der Waals surface area contributed by atoms with Crippen LogP contribution in [0.2, 0.25) is 0 Å². The molecule has 1 aromatic heterocycles. The summed E-state index contributed by atoms with van der Waals surface area (Å²) in [4.78, 5) is 17.3. The number of para-hydroxylation sites is 1. The topological polar surface area (TPSA) is 48.7 Å². The number of furan rings is 1. The van der Waals surface area contributed by atoms with E-state index in [9.17, 15) is 4.79 Å². The van der Waals surface area contributed by atoms with E-state index in [0.717, 1.165) is 56.7 Å². The van der Waals surface area contributed by atoms with Crippen molar-refractivity contribution in [2.45, 2.75) is 12.5 Å². The van der Waals surface area contributed by atoms with E-state index in [1.165, 1.54) is 0 Å². The normalized spacial score (nSPS) is 23.3. The molecule has 1 atom stereocenters. The number of benzene rings is 1. The average molecular weight is 299 g/mol. The standard InChI is InChI=1S/C17H21N3O2/c21-17(15-12-22-16-4-2-1-3-14(15)16)20-8-5-13(11-20)19-9-6-18-7-10-19/h1-4,12-13,18H,5-11H2. The van der Waals surface area contributed by atoms with Gasteiger partial charge in [0, 0.05) is 50.7 Å². The Balaban J connectivity index is 1.49. The van der Waals surface area contributed by atoms with Gasteiger partial charge in [-0.05, 0) is 12.5 Å². The third kappa shape index (κ3) is 2.40. The molecule has 0 spiro atoms.